The highest BCUT2D eigenvalue weighted by atomic mass is 35.5. The van der Waals surface area contributed by atoms with Gasteiger partial charge in [-0.3, -0.25) is 9.52 Å². The second kappa shape index (κ2) is 13.1. The predicted molar refractivity (Wildman–Crippen MR) is 164 cm³/mol. The summed E-state index contributed by atoms with van der Waals surface area (Å²) in [5, 5.41) is 0.511. The van der Waals surface area contributed by atoms with Gasteiger partial charge >= 0.3 is 5.97 Å². The highest BCUT2D eigenvalue weighted by Gasteiger charge is 2.30. The first kappa shape index (κ1) is 32.1. The Kier molecular flexibility index (Phi) is 10.2. The number of aryl methyl sites for hydroxylation is 4. The van der Waals surface area contributed by atoms with E-state index in [0.717, 1.165) is 22.3 Å². The lowest BCUT2D eigenvalue weighted by atomic mass is 9.94. The minimum absolute atomic E-state index is 0.166. The number of sulfonamides is 1. The van der Waals surface area contributed by atoms with Crippen LogP contribution in [0, 0.1) is 27.7 Å². The van der Waals surface area contributed by atoms with Gasteiger partial charge in [-0.25, -0.2) is 13.2 Å². The van der Waals surface area contributed by atoms with E-state index in [1.807, 2.05) is 51.0 Å². The number of nitrogens with zero attached hydrogens (tertiary/aromatic N) is 2. The van der Waals surface area contributed by atoms with Crippen LogP contribution in [0.4, 0.5) is 5.69 Å². The molecule has 0 saturated carbocycles. The number of amides is 1. The zero-order valence-electron chi connectivity index (χ0n) is 24.8. The minimum Gasteiger partial charge on any atom is -0.467 e. The molecule has 1 atom stereocenters. The molecule has 0 aromatic heterocycles. The topological polar surface area (TPSA) is 96.0 Å². The lowest BCUT2D eigenvalue weighted by molar-refractivity contribution is -0.146. The van der Waals surface area contributed by atoms with Gasteiger partial charge in [-0.05, 0) is 106 Å². The molecule has 8 nitrogen and oxygen atoms in total. The van der Waals surface area contributed by atoms with Crippen molar-refractivity contribution in [3.63, 3.8) is 0 Å². The maximum Gasteiger partial charge on any atom is 0.328 e. The fourth-order valence-corrected chi connectivity index (χ4v) is 6.37. The number of halogens is 1. The highest BCUT2D eigenvalue weighted by molar-refractivity contribution is 7.92. The molecular weight excluding hydrogens is 562 g/mol. The van der Waals surface area contributed by atoms with Crippen LogP contribution in [0.2, 0.25) is 5.02 Å². The number of carbonyl (C=O) groups is 2. The molecule has 1 N–H and O–H groups in total. The van der Waals surface area contributed by atoms with Crippen molar-refractivity contribution in [2.45, 2.75) is 45.1 Å². The van der Waals surface area contributed by atoms with Crippen LogP contribution in [-0.4, -0.2) is 70.9 Å². The van der Waals surface area contributed by atoms with E-state index < -0.39 is 22.0 Å². The van der Waals surface area contributed by atoms with Crippen LogP contribution in [0.25, 0.3) is 11.1 Å². The van der Waals surface area contributed by atoms with Gasteiger partial charge in [0, 0.05) is 29.9 Å². The van der Waals surface area contributed by atoms with E-state index in [1.54, 1.807) is 51.2 Å². The predicted octanol–water partition coefficient (Wildman–Crippen LogP) is 5.61. The van der Waals surface area contributed by atoms with E-state index in [1.165, 1.54) is 12.0 Å². The van der Waals surface area contributed by atoms with Crippen molar-refractivity contribution >= 4 is 39.2 Å². The number of methoxy groups -OCH3 is 1. The summed E-state index contributed by atoms with van der Waals surface area (Å²) >= 11 is 6.16. The van der Waals surface area contributed by atoms with Crippen molar-refractivity contribution < 1.29 is 22.7 Å². The van der Waals surface area contributed by atoms with Gasteiger partial charge in [0.15, 0.2) is 0 Å². The van der Waals surface area contributed by atoms with Gasteiger partial charge in [0.1, 0.15) is 6.04 Å². The molecule has 0 heterocycles. The van der Waals surface area contributed by atoms with Crippen molar-refractivity contribution in [2.75, 3.05) is 39.5 Å². The monoisotopic (exact) mass is 599 g/mol. The normalized spacial score (nSPS) is 12.2. The van der Waals surface area contributed by atoms with Crippen molar-refractivity contribution in [2.24, 2.45) is 0 Å². The molecule has 0 radical (unpaired) electrons. The van der Waals surface area contributed by atoms with Crippen molar-refractivity contribution in [1.82, 2.24) is 9.80 Å². The number of hydrogen-bond donors (Lipinski definition) is 1. The number of carbonyl (C=O) groups excluding carboxylic acids is 2. The zero-order chi connectivity index (χ0) is 30.6. The molecule has 10 heteroatoms. The standard InChI is InChI=1S/C31H38ClN3O5S/c1-19-17-28(20(2)16-26(19)32)41(38,39)33-25-11-9-10-23(18-25)24-14-21(3)29(22(4)15-24)30(36)35(7)27(31(37)40-8)12-13-34(5)6/h9-11,14-18,27,33H,12-13H2,1-8H3/t27-/m1/s1. The molecule has 1 amide bonds. The van der Waals surface area contributed by atoms with Gasteiger partial charge in [-0.2, -0.15) is 0 Å². The second-order valence-corrected chi connectivity index (χ2v) is 12.6. The second-order valence-electron chi connectivity index (χ2n) is 10.6. The lowest BCUT2D eigenvalue weighted by Gasteiger charge is -2.28. The average molecular weight is 600 g/mol. The Hall–Kier alpha value is -3.40. The largest absolute Gasteiger partial charge is 0.467 e. The maximum atomic E-state index is 13.6. The highest BCUT2D eigenvalue weighted by Crippen LogP contribution is 2.30. The zero-order valence-corrected chi connectivity index (χ0v) is 26.4. The molecular formula is C31H38ClN3O5S. The molecule has 3 rings (SSSR count). The first-order valence-corrected chi connectivity index (χ1v) is 15.0. The van der Waals surface area contributed by atoms with Crippen LogP contribution >= 0.6 is 11.6 Å². The van der Waals surface area contributed by atoms with Gasteiger partial charge in [0.25, 0.3) is 15.9 Å². The van der Waals surface area contributed by atoms with Crippen molar-refractivity contribution in [1.29, 1.82) is 0 Å². The van der Waals surface area contributed by atoms with E-state index in [2.05, 4.69) is 4.72 Å². The molecule has 220 valence electrons. The Morgan fingerprint density at radius 3 is 2.12 bits per heavy atom. The van der Waals surface area contributed by atoms with E-state index >= 15 is 0 Å². The molecule has 0 aliphatic carbocycles. The van der Waals surface area contributed by atoms with Crippen LogP contribution in [-0.2, 0) is 19.6 Å². The van der Waals surface area contributed by atoms with Crippen LogP contribution in [0.1, 0.15) is 39.0 Å². The minimum atomic E-state index is -3.85. The quantitative estimate of drug-likeness (QED) is 0.305. The maximum absolute atomic E-state index is 13.6. The molecule has 0 unspecified atom stereocenters. The molecule has 0 fully saturated rings. The fraction of sp³-hybridized carbons (Fsp3) is 0.355. The average Bonchev–Trinajstić information content (AvgIpc) is 2.89. The summed E-state index contributed by atoms with van der Waals surface area (Å²) in [5.41, 5.74) is 5.25. The number of hydrogen-bond acceptors (Lipinski definition) is 6. The molecule has 41 heavy (non-hydrogen) atoms. The number of nitrogens with one attached hydrogen (secondary N) is 1. The smallest absolute Gasteiger partial charge is 0.328 e. The first-order chi connectivity index (χ1) is 19.2. The van der Waals surface area contributed by atoms with Crippen LogP contribution in [0.15, 0.2) is 53.4 Å². The summed E-state index contributed by atoms with van der Waals surface area (Å²) in [4.78, 5) is 29.6. The van der Waals surface area contributed by atoms with Gasteiger partial charge in [0.2, 0.25) is 0 Å². The Bertz CT molecular complexity index is 1550. The molecule has 0 aliphatic rings. The summed E-state index contributed by atoms with van der Waals surface area (Å²) in [6.07, 6.45) is 0.440. The number of rotatable bonds is 10. The number of esters is 1. The molecule has 0 aliphatic heterocycles. The Labute approximate surface area is 248 Å². The Morgan fingerprint density at radius 2 is 1.54 bits per heavy atom. The van der Waals surface area contributed by atoms with E-state index in [9.17, 15) is 18.0 Å². The molecule has 0 spiro atoms. The summed E-state index contributed by atoms with van der Waals surface area (Å²) in [6.45, 7) is 7.78. The van der Waals surface area contributed by atoms with E-state index in [4.69, 9.17) is 16.3 Å². The number of benzene rings is 3. The third kappa shape index (κ3) is 7.47. The summed E-state index contributed by atoms with van der Waals surface area (Å²) in [5.74, 6) is -0.728. The third-order valence-electron chi connectivity index (χ3n) is 7.05. The Balaban J connectivity index is 1.91. The summed E-state index contributed by atoms with van der Waals surface area (Å²) < 4.78 is 34.1. The summed E-state index contributed by atoms with van der Waals surface area (Å²) in [6, 6.07) is 13.4. The number of anilines is 1. The third-order valence-corrected chi connectivity index (χ3v) is 8.98. The van der Waals surface area contributed by atoms with Crippen LogP contribution in [0.3, 0.4) is 0 Å². The lowest BCUT2D eigenvalue weighted by Crippen LogP contribution is -2.45. The van der Waals surface area contributed by atoms with Crippen LogP contribution < -0.4 is 4.72 Å². The van der Waals surface area contributed by atoms with E-state index in [-0.39, 0.29) is 10.8 Å². The number of likely N-dealkylation sites (N-methyl/N-ethyl adjacent to an activating group) is 1. The van der Waals surface area contributed by atoms with Gasteiger partial charge in [-0.15, -0.1) is 0 Å². The van der Waals surface area contributed by atoms with Crippen LogP contribution in [0.5, 0.6) is 0 Å². The van der Waals surface area contributed by atoms with Gasteiger partial charge in [-0.1, -0.05) is 35.9 Å². The van der Waals surface area contributed by atoms with E-state index in [0.29, 0.717) is 40.4 Å². The molecule has 3 aromatic carbocycles. The molecule has 3 aromatic rings. The molecule has 0 saturated heterocycles. The van der Waals surface area contributed by atoms with Gasteiger partial charge in [0.05, 0.1) is 12.0 Å². The number of ether oxygens (including phenoxy) is 1. The van der Waals surface area contributed by atoms with Crippen molar-refractivity contribution in [3.05, 3.63) is 81.4 Å². The van der Waals surface area contributed by atoms with Crippen molar-refractivity contribution in [3.8, 4) is 11.1 Å². The first-order valence-electron chi connectivity index (χ1n) is 13.2. The summed E-state index contributed by atoms with van der Waals surface area (Å²) in [7, 11) is 2.89. The fourth-order valence-electron chi connectivity index (χ4n) is 4.79. The van der Waals surface area contributed by atoms with Gasteiger partial charge < -0.3 is 14.5 Å². The Morgan fingerprint density at radius 1 is 0.902 bits per heavy atom. The molecule has 0 bridgehead atoms. The SMILES string of the molecule is COC(=O)[C@@H](CCN(C)C)N(C)C(=O)c1c(C)cc(-c2cccc(NS(=O)(=O)c3cc(C)c(Cl)cc3C)c2)cc1C.